The van der Waals surface area contributed by atoms with Gasteiger partial charge in [0.1, 0.15) is 0 Å². The maximum Gasteiger partial charge on any atom is 0.157 e. The molecule has 17 heavy (non-hydrogen) atoms. The second kappa shape index (κ2) is 4.89. The second-order valence-corrected chi connectivity index (χ2v) is 6.80. The Balaban J connectivity index is 2.11. The molecule has 1 aromatic rings. The van der Waals surface area contributed by atoms with Crippen LogP contribution in [0.2, 0.25) is 0 Å². The van der Waals surface area contributed by atoms with Crippen LogP contribution in [0.5, 0.6) is 0 Å². The summed E-state index contributed by atoms with van der Waals surface area (Å²) in [6, 6.07) is 8.81. The van der Waals surface area contributed by atoms with E-state index in [-0.39, 0.29) is 11.0 Å². The zero-order chi connectivity index (χ0) is 12.3. The van der Waals surface area contributed by atoms with Crippen LogP contribution in [0, 0.1) is 11.3 Å². The van der Waals surface area contributed by atoms with Crippen molar-refractivity contribution < 1.29 is 8.42 Å². The van der Waals surface area contributed by atoms with Gasteiger partial charge in [0.25, 0.3) is 0 Å². The molecule has 0 amide bonds. The molecule has 3 nitrogen and oxygen atoms in total. The average molecular weight is 249 g/mol. The van der Waals surface area contributed by atoms with Crippen LogP contribution in [0.25, 0.3) is 0 Å². The zero-order valence-corrected chi connectivity index (χ0v) is 10.4. The first-order valence-electron chi connectivity index (χ1n) is 5.82. The molecule has 0 aliphatic heterocycles. The first-order chi connectivity index (χ1) is 8.12. The Labute approximate surface area is 102 Å². The predicted molar refractivity (Wildman–Crippen MR) is 66.0 cm³/mol. The van der Waals surface area contributed by atoms with Gasteiger partial charge in [-0.25, -0.2) is 8.42 Å². The molecule has 0 atom stereocenters. The van der Waals surface area contributed by atoms with Crippen molar-refractivity contribution in [1.82, 2.24) is 0 Å². The van der Waals surface area contributed by atoms with E-state index in [9.17, 15) is 8.42 Å². The molecule has 1 saturated carbocycles. The third-order valence-electron chi connectivity index (χ3n) is 3.26. The topological polar surface area (TPSA) is 57.9 Å². The lowest BCUT2D eigenvalue weighted by Gasteiger charge is -2.10. The molecule has 1 aromatic carbocycles. The van der Waals surface area contributed by atoms with Crippen molar-refractivity contribution in [1.29, 1.82) is 5.26 Å². The van der Waals surface area contributed by atoms with Gasteiger partial charge in [0.2, 0.25) is 0 Å². The highest BCUT2D eigenvalue weighted by atomic mass is 32.2. The van der Waals surface area contributed by atoms with Gasteiger partial charge in [0.05, 0.1) is 22.6 Å². The molecule has 0 saturated heterocycles. The fraction of sp³-hybridized carbons (Fsp3) is 0.462. The lowest BCUT2D eigenvalue weighted by molar-refractivity contribution is 0.579. The molecule has 0 N–H and O–H groups in total. The van der Waals surface area contributed by atoms with Crippen LogP contribution >= 0.6 is 0 Å². The highest BCUT2D eigenvalue weighted by Gasteiger charge is 2.28. The third-order valence-corrected chi connectivity index (χ3v) is 5.48. The van der Waals surface area contributed by atoms with Crippen molar-refractivity contribution in [3.63, 3.8) is 0 Å². The molecular weight excluding hydrogens is 234 g/mol. The monoisotopic (exact) mass is 249 g/mol. The maximum atomic E-state index is 12.1. The van der Waals surface area contributed by atoms with E-state index in [1.807, 2.05) is 6.07 Å². The summed E-state index contributed by atoms with van der Waals surface area (Å²) in [7, 11) is -3.02. The first kappa shape index (κ1) is 12.1. The number of hydrogen-bond acceptors (Lipinski definition) is 3. The van der Waals surface area contributed by atoms with E-state index in [0.717, 1.165) is 31.2 Å². The number of nitrogens with zero attached hydrogens (tertiary/aromatic N) is 1. The quantitative estimate of drug-likeness (QED) is 0.826. The van der Waals surface area contributed by atoms with Gasteiger partial charge in [0.15, 0.2) is 9.84 Å². The number of nitriles is 1. The molecule has 1 aliphatic rings. The van der Waals surface area contributed by atoms with E-state index < -0.39 is 9.84 Å². The predicted octanol–water partition coefficient (Wildman–Crippen LogP) is 2.42. The van der Waals surface area contributed by atoms with Gasteiger partial charge in [-0.1, -0.05) is 25.0 Å². The van der Waals surface area contributed by atoms with Crippen LogP contribution in [-0.4, -0.2) is 13.7 Å². The van der Waals surface area contributed by atoms with E-state index in [1.165, 1.54) is 0 Å². The average Bonchev–Trinajstić information content (AvgIpc) is 2.84. The molecule has 0 aromatic heterocycles. The van der Waals surface area contributed by atoms with Gasteiger partial charge in [-0.05, 0) is 30.5 Å². The molecule has 90 valence electrons. The zero-order valence-electron chi connectivity index (χ0n) is 9.59. The van der Waals surface area contributed by atoms with Crippen LogP contribution in [0.15, 0.2) is 24.3 Å². The molecule has 1 fully saturated rings. The smallest absolute Gasteiger partial charge is 0.157 e. The summed E-state index contributed by atoms with van der Waals surface area (Å²) in [6.45, 7) is 0. The van der Waals surface area contributed by atoms with Gasteiger partial charge < -0.3 is 0 Å². The summed E-state index contributed by atoms with van der Waals surface area (Å²) in [5.74, 6) is 0.101. The molecule has 2 rings (SSSR count). The molecule has 0 heterocycles. The van der Waals surface area contributed by atoms with Crippen LogP contribution in [0.3, 0.4) is 0 Å². The highest BCUT2D eigenvalue weighted by Crippen LogP contribution is 2.27. The van der Waals surface area contributed by atoms with Crippen molar-refractivity contribution in [2.75, 3.05) is 0 Å². The molecule has 0 radical (unpaired) electrons. The second-order valence-electron chi connectivity index (χ2n) is 4.52. The lowest BCUT2D eigenvalue weighted by atomic mass is 10.2. The molecule has 0 spiro atoms. The first-order valence-corrected chi connectivity index (χ1v) is 7.54. The third kappa shape index (κ3) is 2.86. The molecule has 4 heteroatoms. The molecular formula is C13H15NO2S. The SMILES string of the molecule is N#Cc1ccc(CS(=O)(=O)C2CCCC2)cc1. The Hall–Kier alpha value is -1.34. The van der Waals surface area contributed by atoms with E-state index in [2.05, 4.69) is 0 Å². The summed E-state index contributed by atoms with van der Waals surface area (Å²) in [6.07, 6.45) is 3.66. The van der Waals surface area contributed by atoms with Gasteiger partial charge >= 0.3 is 0 Å². The Morgan fingerprint density at radius 3 is 2.29 bits per heavy atom. The summed E-state index contributed by atoms with van der Waals surface area (Å²) in [4.78, 5) is 0. The minimum Gasteiger partial charge on any atom is -0.228 e. The Morgan fingerprint density at radius 1 is 1.18 bits per heavy atom. The largest absolute Gasteiger partial charge is 0.228 e. The van der Waals surface area contributed by atoms with E-state index in [4.69, 9.17) is 5.26 Å². The van der Waals surface area contributed by atoms with Crippen molar-refractivity contribution >= 4 is 9.84 Å². The summed E-state index contributed by atoms with van der Waals surface area (Å²) in [5, 5.41) is 8.51. The van der Waals surface area contributed by atoms with Crippen molar-refractivity contribution in [3.05, 3.63) is 35.4 Å². The van der Waals surface area contributed by atoms with Crippen LogP contribution in [0.1, 0.15) is 36.8 Å². The molecule has 0 unspecified atom stereocenters. The van der Waals surface area contributed by atoms with Crippen molar-refractivity contribution in [3.8, 4) is 6.07 Å². The normalized spacial score (nSPS) is 16.9. The Morgan fingerprint density at radius 2 is 1.76 bits per heavy atom. The van der Waals surface area contributed by atoms with Crippen LogP contribution in [0.4, 0.5) is 0 Å². The van der Waals surface area contributed by atoms with Crippen molar-refractivity contribution in [2.45, 2.75) is 36.7 Å². The fourth-order valence-electron chi connectivity index (χ4n) is 2.27. The van der Waals surface area contributed by atoms with Crippen molar-refractivity contribution in [2.24, 2.45) is 0 Å². The number of benzene rings is 1. The Kier molecular flexibility index (Phi) is 3.49. The molecule has 1 aliphatic carbocycles. The lowest BCUT2D eigenvalue weighted by Crippen LogP contribution is -2.19. The highest BCUT2D eigenvalue weighted by molar-refractivity contribution is 7.91. The number of rotatable bonds is 3. The van der Waals surface area contributed by atoms with E-state index in [1.54, 1.807) is 24.3 Å². The fourth-order valence-corrected chi connectivity index (χ4v) is 4.22. The van der Waals surface area contributed by atoms with E-state index >= 15 is 0 Å². The summed E-state index contributed by atoms with van der Waals surface area (Å²) in [5.41, 5.74) is 1.34. The minimum atomic E-state index is -3.02. The van der Waals surface area contributed by atoms with Gasteiger partial charge in [-0.3, -0.25) is 0 Å². The standard InChI is InChI=1S/C13H15NO2S/c14-9-11-5-7-12(8-6-11)10-17(15,16)13-3-1-2-4-13/h5-8,13H,1-4,10H2. The summed E-state index contributed by atoms with van der Waals surface area (Å²) >= 11 is 0. The minimum absolute atomic E-state index is 0.101. The maximum absolute atomic E-state index is 12.1. The number of hydrogen-bond donors (Lipinski definition) is 0. The van der Waals surface area contributed by atoms with Crippen LogP contribution < -0.4 is 0 Å². The van der Waals surface area contributed by atoms with Gasteiger partial charge in [0, 0.05) is 0 Å². The van der Waals surface area contributed by atoms with E-state index in [0.29, 0.717) is 5.56 Å². The number of sulfone groups is 1. The Bertz CT molecular complexity index is 520. The summed E-state index contributed by atoms with van der Waals surface area (Å²) < 4.78 is 24.2. The molecule has 0 bridgehead atoms. The van der Waals surface area contributed by atoms with Gasteiger partial charge in [-0.2, -0.15) is 5.26 Å². The van der Waals surface area contributed by atoms with Gasteiger partial charge in [-0.15, -0.1) is 0 Å². The van der Waals surface area contributed by atoms with Crippen LogP contribution in [-0.2, 0) is 15.6 Å².